The summed E-state index contributed by atoms with van der Waals surface area (Å²) in [7, 11) is -2.20. The molecule has 1 aromatic carbocycles. The molecule has 10 heteroatoms. The molecule has 2 N–H and O–H groups in total. The van der Waals surface area contributed by atoms with Crippen LogP contribution in [-0.4, -0.2) is 51.3 Å². The van der Waals surface area contributed by atoms with E-state index in [9.17, 15) is 18.0 Å². The molecule has 0 bridgehead atoms. The predicted octanol–water partition coefficient (Wildman–Crippen LogP) is 2.22. The number of nitrogens with one attached hydrogen (secondary N) is 2. The average molecular weight is 438 g/mol. The van der Waals surface area contributed by atoms with Gasteiger partial charge in [-0.05, 0) is 48.9 Å². The third-order valence-electron chi connectivity index (χ3n) is 4.56. The smallest absolute Gasteiger partial charge is 0.263 e. The first-order chi connectivity index (χ1) is 13.8. The number of benzene rings is 1. The summed E-state index contributed by atoms with van der Waals surface area (Å²) in [4.78, 5) is 24.9. The number of nitrogens with zero attached hydrogens (tertiary/aromatic N) is 1. The number of anilines is 1. The van der Waals surface area contributed by atoms with Gasteiger partial charge in [-0.1, -0.05) is 6.07 Å². The number of thiophene rings is 1. The molecule has 156 valence electrons. The SMILES string of the molecule is COc1ccc(C)cc1NC(=O)CNC(=O)c1sccc1S(=O)(=O)N1CCCC1. The van der Waals surface area contributed by atoms with Gasteiger partial charge in [-0.15, -0.1) is 11.3 Å². The highest BCUT2D eigenvalue weighted by Crippen LogP contribution is 2.28. The van der Waals surface area contributed by atoms with Crippen LogP contribution in [0.2, 0.25) is 0 Å². The molecule has 2 heterocycles. The molecular formula is C19H23N3O5S2. The minimum Gasteiger partial charge on any atom is -0.495 e. The first-order valence-electron chi connectivity index (χ1n) is 9.13. The van der Waals surface area contributed by atoms with E-state index >= 15 is 0 Å². The van der Waals surface area contributed by atoms with Crippen LogP contribution >= 0.6 is 11.3 Å². The highest BCUT2D eigenvalue weighted by Gasteiger charge is 2.31. The molecular weight excluding hydrogens is 414 g/mol. The van der Waals surface area contributed by atoms with Crippen molar-refractivity contribution >= 4 is 38.9 Å². The van der Waals surface area contributed by atoms with Crippen LogP contribution in [0.4, 0.5) is 5.69 Å². The van der Waals surface area contributed by atoms with Crippen molar-refractivity contribution in [1.82, 2.24) is 9.62 Å². The number of hydrogen-bond donors (Lipinski definition) is 2. The molecule has 3 rings (SSSR count). The fraction of sp³-hybridized carbons (Fsp3) is 0.368. The third kappa shape index (κ3) is 4.77. The van der Waals surface area contributed by atoms with Crippen molar-refractivity contribution in [3.8, 4) is 5.75 Å². The van der Waals surface area contributed by atoms with E-state index in [1.807, 2.05) is 13.0 Å². The van der Waals surface area contributed by atoms with Crippen LogP contribution in [0, 0.1) is 6.92 Å². The van der Waals surface area contributed by atoms with E-state index in [2.05, 4.69) is 10.6 Å². The molecule has 8 nitrogen and oxygen atoms in total. The first kappa shape index (κ1) is 21.3. The maximum Gasteiger partial charge on any atom is 0.263 e. The zero-order chi connectivity index (χ0) is 21.0. The van der Waals surface area contributed by atoms with Crippen LogP contribution in [0.5, 0.6) is 5.75 Å². The van der Waals surface area contributed by atoms with Crippen molar-refractivity contribution in [2.75, 3.05) is 32.1 Å². The monoisotopic (exact) mass is 437 g/mol. The zero-order valence-electron chi connectivity index (χ0n) is 16.2. The second-order valence-corrected chi connectivity index (χ2v) is 9.48. The Kier molecular flexibility index (Phi) is 6.56. The van der Waals surface area contributed by atoms with E-state index in [0.717, 1.165) is 29.7 Å². The number of ether oxygens (including phenoxy) is 1. The second kappa shape index (κ2) is 8.93. The van der Waals surface area contributed by atoms with E-state index in [4.69, 9.17) is 4.74 Å². The van der Waals surface area contributed by atoms with E-state index in [-0.39, 0.29) is 16.3 Å². The molecule has 0 unspecified atom stereocenters. The summed E-state index contributed by atoms with van der Waals surface area (Å²) in [5.41, 5.74) is 1.45. The number of rotatable bonds is 7. The van der Waals surface area contributed by atoms with Gasteiger partial charge in [-0.25, -0.2) is 8.42 Å². The summed E-state index contributed by atoms with van der Waals surface area (Å²) in [6.45, 7) is 2.51. The van der Waals surface area contributed by atoms with E-state index in [0.29, 0.717) is 24.5 Å². The van der Waals surface area contributed by atoms with Gasteiger partial charge in [0.1, 0.15) is 15.5 Å². The quantitative estimate of drug-likeness (QED) is 0.691. The molecule has 0 radical (unpaired) electrons. The normalized spacial score (nSPS) is 14.6. The molecule has 1 saturated heterocycles. The first-order valence-corrected chi connectivity index (χ1v) is 11.4. The van der Waals surface area contributed by atoms with E-state index in [1.54, 1.807) is 17.5 Å². The highest BCUT2D eigenvalue weighted by atomic mass is 32.2. The maximum absolute atomic E-state index is 12.8. The van der Waals surface area contributed by atoms with Gasteiger partial charge in [0.25, 0.3) is 5.91 Å². The van der Waals surface area contributed by atoms with Crippen LogP contribution in [0.25, 0.3) is 0 Å². The molecule has 0 atom stereocenters. The minimum absolute atomic E-state index is 0.0114. The van der Waals surface area contributed by atoms with Crippen LogP contribution < -0.4 is 15.4 Å². The van der Waals surface area contributed by atoms with Crippen molar-refractivity contribution in [2.24, 2.45) is 0 Å². The largest absolute Gasteiger partial charge is 0.495 e. The number of aryl methyl sites for hydroxylation is 1. The molecule has 1 aliphatic heterocycles. The number of methoxy groups -OCH3 is 1. The standard InChI is InChI=1S/C19H23N3O5S2/c1-13-5-6-15(27-2)14(11-13)21-17(23)12-20-19(24)18-16(7-10-28-18)29(25,26)22-8-3-4-9-22/h5-7,10-11H,3-4,8-9,12H2,1-2H3,(H,20,24)(H,21,23). The third-order valence-corrected chi connectivity index (χ3v) is 7.54. The predicted molar refractivity (Wildman–Crippen MR) is 111 cm³/mol. The van der Waals surface area contributed by atoms with Gasteiger partial charge in [-0.3, -0.25) is 9.59 Å². The summed E-state index contributed by atoms with van der Waals surface area (Å²) in [6.07, 6.45) is 1.63. The van der Waals surface area contributed by atoms with Crippen molar-refractivity contribution in [3.05, 3.63) is 40.1 Å². The number of amides is 2. The van der Waals surface area contributed by atoms with E-state index in [1.165, 1.54) is 17.5 Å². The lowest BCUT2D eigenvalue weighted by atomic mass is 10.2. The van der Waals surface area contributed by atoms with Gasteiger partial charge in [-0.2, -0.15) is 4.31 Å². The maximum atomic E-state index is 12.8. The Morgan fingerprint density at radius 1 is 1.21 bits per heavy atom. The molecule has 29 heavy (non-hydrogen) atoms. The summed E-state index contributed by atoms with van der Waals surface area (Å²) in [6, 6.07) is 6.80. The lowest BCUT2D eigenvalue weighted by Gasteiger charge is -2.15. The number of carbonyl (C=O) groups excluding carboxylic acids is 2. The lowest BCUT2D eigenvalue weighted by Crippen LogP contribution is -2.34. The van der Waals surface area contributed by atoms with Gasteiger partial charge >= 0.3 is 0 Å². The molecule has 0 saturated carbocycles. The number of carbonyl (C=O) groups is 2. The van der Waals surface area contributed by atoms with Gasteiger partial charge in [0.2, 0.25) is 15.9 Å². The summed E-state index contributed by atoms with van der Waals surface area (Å²) in [5, 5.41) is 6.75. The van der Waals surface area contributed by atoms with Gasteiger partial charge < -0.3 is 15.4 Å². The molecule has 1 fully saturated rings. The fourth-order valence-electron chi connectivity index (χ4n) is 3.09. The van der Waals surface area contributed by atoms with Crippen LogP contribution in [0.3, 0.4) is 0 Å². The van der Waals surface area contributed by atoms with Crippen molar-refractivity contribution in [3.63, 3.8) is 0 Å². The van der Waals surface area contributed by atoms with Gasteiger partial charge in [0.15, 0.2) is 0 Å². The van der Waals surface area contributed by atoms with Crippen LogP contribution in [0.1, 0.15) is 28.1 Å². The molecule has 1 aliphatic rings. The van der Waals surface area contributed by atoms with Crippen LogP contribution in [0.15, 0.2) is 34.5 Å². The Morgan fingerprint density at radius 3 is 2.62 bits per heavy atom. The number of sulfonamides is 1. The topological polar surface area (TPSA) is 105 Å². The summed E-state index contributed by atoms with van der Waals surface area (Å²) < 4.78 is 32.1. The summed E-state index contributed by atoms with van der Waals surface area (Å²) in [5.74, 6) is -0.528. The second-order valence-electron chi connectivity index (χ2n) is 6.66. The average Bonchev–Trinajstić information content (AvgIpc) is 3.38. The van der Waals surface area contributed by atoms with E-state index < -0.39 is 21.8 Å². The molecule has 1 aromatic heterocycles. The van der Waals surface area contributed by atoms with Gasteiger partial charge in [0.05, 0.1) is 19.3 Å². The Bertz CT molecular complexity index is 1010. The number of hydrogen-bond acceptors (Lipinski definition) is 6. The Hall–Kier alpha value is -2.43. The molecule has 0 spiro atoms. The van der Waals surface area contributed by atoms with Crippen molar-refractivity contribution in [2.45, 2.75) is 24.7 Å². The minimum atomic E-state index is -3.71. The summed E-state index contributed by atoms with van der Waals surface area (Å²) >= 11 is 1.04. The Balaban J connectivity index is 1.66. The lowest BCUT2D eigenvalue weighted by molar-refractivity contribution is -0.115. The molecule has 2 aromatic rings. The molecule has 0 aliphatic carbocycles. The Labute approximate surface area is 173 Å². The Morgan fingerprint density at radius 2 is 1.93 bits per heavy atom. The zero-order valence-corrected chi connectivity index (χ0v) is 17.9. The van der Waals surface area contributed by atoms with Crippen molar-refractivity contribution in [1.29, 1.82) is 0 Å². The van der Waals surface area contributed by atoms with Crippen LogP contribution in [-0.2, 0) is 14.8 Å². The molecule has 2 amide bonds. The fourth-order valence-corrected chi connectivity index (χ4v) is 5.92. The highest BCUT2D eigenvalue weighted by molar-refractivity contribution is 7.89. The van der Waals surface area contributed by atoms with Gasteiger partial charge in [0, 0.05) is 13.1 Å². The van der Waals surface area contributed by atoms with Crippen molar-refractivity contribution < 1.29 is 22.7 Å².